The number of thiocarbonyl (C=S) groups is 1. The van der Waals surface area contributed by atoms with Crippen molar-refractivity contribution in [1.82, 2.24) is 14.9 Å². The molecule has 0 saturated carbocycles. The third-order valence-corrected chi connectivity index (χ3v) is 7.92. The molecular formula is C32H35N5O2S. The number of anilines is 2. The number of hydrogen-bond donors (Lipinski definition) is 2. The minimum atomic E-state index is -0.175. The number of aromatic nitrogens is 2. The summed E-state index contributed by atoms with van der Waals surface area (Å²) in [7, 11) is 1.60. The van der Waals surface area contributed by atoms with Crippen molar-refractivity contribution in [3.63, 3.8) is 0 Å². The molecule has 7 nitrogen and oxygen atoms in total. The number of hydrogen-bond acceptors (Lipinski definition) is 4. The molecule has 1 fully saturated rings. The van der Waals surface area contributed by atoms with E-state index in [1.807, 2.05) is 49.5 Å². The number of amides is 1. The Balaban J connectivity index is 1.67. The Bertz CT molecular complexity index is 1560. The first-order valence-electron chi connectivity index (χ1n) is 13.5. The number of carbonyl (C=O) groups is 1. The number of benzene rings is 2. The molecule has 206 valence electrons. The molecule has 2 unspecified atom stereocenters. The minimum Gasteiger partial charge on any atom is -0.494 e. The lowest BCUT2D eigenvalue weighted by Gasteiger charge is -2.29. The molecule has 2 aromatic carbocycles. The molecule has 0 bridgehead atoms. The average molecular weight is 554 g/mol. The summed E-state index contributed by atoms with van der Waals surface area (Å²) in [6.45, 7) is 10.5. The number of ether oxygens (including phenoxy) is 1. The van der Waals surface area contributed by atoms with Crippen molar-refractivity contribution < 1.29 is 9.53 Å². The zero-order chi connectivity index (χ0) is 28.6. The molecule has 0 spiro atoms. The van der Waals surface area contributed by atoms with Crippen LogP contribution in [0.3, 0.4) is 0 Å². The van der Waals surface area contributed by atoms with Crippen LogP contribution in [-0.4, -0.2) is 27.7 Å². The summed E-state index contributed by atoms with van der Waals surface area (Å²) in [5, 5.41) is 7.08. The van der Waals surface area contributed by atoms with Gasteiger partial charge in [-0.1, -0.05) is 31.2 Å². The van der Waals surface area contributed by atoms with Crippen LogP contribution >= 0.6 is 12.2 Å². The lowest BCUT2D eigenvalue weighted by Crippen LogP contribution is -2.29. The highest BCUT2D eigenvalue weighted by atomic mass is 32.1. The van der Waals surface area contributed by atoms with Gasteiger partial charge < -0.3 is 24.8 Å². The lowest BCUT2D eigenvalue weighted by molar-refractivity contribution is -0.115. The fraction of sp³-hybridized carbons (Fsp3) is 0.281. The van der Waals surface area contributed by atoms with Gasteiger partial charge in [0.1, 0.15) is 5.75 Å². The molecule has 4 aromatic rings. The van der Waals surface area contributed by atoms with Crippen LogP contribution < -0.4 is 20.3 Å². The van der Waals surface area contributed by atoms with Gasteiger partial charge in [0.2, 0.25) is 5.91 Å². The molecule has 40 heavy (non-hydrogen) atoms. The topological polar surface area (TPSA) is 71.4 Å². The van der Waals surface area contributed by atoms with Gasteiger partial charge in [-0.25, -0.2) is 0 Å². The van der Waals surface area contributed by atoms with Crippen molar-refractivity contribution >= 4 is 34.6 Å². The number of nitrogens with one attached hydrogen (secondary N) is 2. The fourth-order valence-electron chi connectivity index (χ4n) is 5.71. The second kappa shape index (κ2) is 11.1. The van der Waals surface area contributed by atoms with E-state index >= 15 is 0 Å². The first-order chi connectivity index (χ1) is 19.2. The SMILES string of the molecule is CCC(=O)Nc1ccc(N2C(=S)NC(c3ccccn3)C2c2cc(C)n(-c3c(C)cccc3C)c2C)cc1OC. The van der Waals surface area contributed by atoms with Gasteiger partial charge in [-0.05, 0) is 86.9 Å². The van der Waals surface area contributed by atoms with Crippen LogP contribution in [0.5, 0.6) is 5.75 Å². The monoisotopic (exact) mass is 553 g/mol. The van der Waals surface area contributed by atoms with Crippen molar-refractivity contribution in [3.05, 3.63) is 101 Å². The Kier molecular flexibility index (Phi) is 7.63. The second-order valence-corrected chi connectivity index (χ2v) is 10.6. The Labute approximate surface area is 241 Å². The summed E-state index contributed by atoms with van der Waals surface area (Å²) < 4.78 is 8.03. The summed E-state index contributed by atoms with van der Waals surface area (Å²) >= 11 is 5.97. The highest BCUT2D eigenvalue weighted by Gasteiger charge is 2.42. The normalized spacial score (nSPS) is 16.6. The third kappa shape index (κ3) is 4.84. The predicted octanol–water partition coefficient (Wildman–Crippen LogP) is 6.64. The molecule has 1 aliphatic heterocycles. The van der Waals surface area contributed by atoms with E-state index in [4.69, 9.17) is 21.9 Å². The molecule has 8 heteroatoms. The summed E-state index contributed by atoms with van der Waals surface area (Å²) in [5.74, 6) is 0.500. The van der Waals surface area contributed by atoms with Gasteiger partial charge in [-0.3, -0.25) is 9.78 Å². The third-order valence-electron chi connectivity index (χ3n) is 7.61. The highest BCUT2D eigenvalue weighted by Crippen LogP contribution is 2.45. The first kappa shape index (κ1) is 27.4. The number of methoxy groups -OCH3 is 1. The van der Waals surface area contributed by atoms with Gasteiger partial charge >= 0.3 is 0 Å². The van der Waals surface area contributed by atoms with E-state index in [0.29, 0.717) is 23.0 Å². The molecular weight excluding hydrogens is 518 g/mol. The van der Waals surface area contributed by atoms with E-state index in [1.54, 1.807) is 7.11 Å². The maximum atomic E-state index is 12.1. The molecule has 1 saturated heterocycles. The van der Waals surface area contributed by atoms with Gasteiger partial charge in [-0.2, -0.15) is 0 Å². The van der Waals surface area contributed by atoms with Crippen molar-refractivity contribution in [3.8, 4) is 11.4 Å². The summed E-state index contributed by atoms with van der Waals surface area (Å²) in [5.41, 5.74) is 9.51. The Morgan fingerprint density at radius 1 is 1.05 bits per heavy atom. The Morgan fingerprint density at radius 2 is 1.80 bits per heavy atom. The van der Waals surface area contributed by atoms with Crippen LogP contribution in [0.25, 0.3) is 5.69 Å². The van der Waals surface area contributed by atoms with Crippen LogP contribution in [0, 0.1) is 27.7 Å². The zero-order valence-electron chi connectivity index (χ0n) is 23.8. The van der Waals surface area contributed by atoms with Crippen molar-refractivity contribution in [2.75, 3.05) is 17.3 Å². The molecule has 1 aliphatic rings. The fourth-order valence-corrected chi connectivity index (χ4v) is 6.06. The number of carbonyl (C=O) groups excluding carboxylic acids is 1. The molecule has 2 N–H and O–H groups in total. The zero-order valence-corrected chi connectivity index (χ0v) is 24.6. The van der Waals surface area contributed by atoms with E-state index in [0.717, 1.165) is 28.3 Å². The lowest BCUT2D eigenvalue weighted by atomic mass is 9.96. The Morgan fingerprint density at radius 3 is 2.45 bits per heavy atom. The summed E-state index contributed by atoms with van der Waals surface area (Å²) in [6.07, 6.45) is 2.20. The van der Waals surface area contributed by atoms with Crippen molar-refractivity contribution in [1.29, 1.82) is 0 Å². The van der Waals surface area contributed by atoms with E-state index in [-0.39, 0.29) is 18.0 Å². The number of rotatable bonds is 7. The molecule has 2 atom stereocenters. The number of pyridine rings is 1. The van der Waals surface area contributed by atoms with Crippen LogP contribution in [0.1, 0.15) is 59.2 Å². The van der Waals surface area contributed by atoms with Crippen molar-refractivity contribution in [2.45, 2.75) is 53.1 Å². The average Bonchev–Trinajstić information content (AvgIpc) is 3.44. The van der Waals surface area contributed by atoms with Crippen LogP contribution in [0.2, 0.25) is 0 Å². The number of para-hydroxylation sites is 1. The maximum Gasteiger partial charge on any atom is 0.224 e. The van der Waals surface area contributed by atoms with Gasteiger partial charge in [0, 0.05) is 35.8 Å². The van der Waals surface area contributed by atoms with E-state index in [2.05, 4.69) is 72.1 Å². The minimum absolute atomic E-state index is 0.0727. The smallest absolute Gasteiger partial charge is 0.224 e. The number of nitrogens with zero attached hydrogens (tertiary/aromatic N) is 3. The van der Waals surface area contributed by atoms with Gasteiger partial charge in [0.05, 0.1) is 36.3 Å². The molecule has 0 aliphatic carbocycles. The standard InChI is InChI=1S/C32H35N5O2S/c1-7-28(38)34-25-15-14-23(18-27(25)39-6)37-31(29(35-32(37)40)26-13-8-9-16-33-26)24-17-21(4)36(22(24)5)30-19(2)11-10-12-20(30)3/h8-18,29,31H,7H2,1-6H3,(H,34,38)(H,35,40). The summed E-state index contributed by atoms with van der Waals surface area (Å²) in [4.78, 5) is 18.9. The number of aryl methyl sites for hydroxylation is 3. The molecule has 0 radical (unpaired) electrons. The largest absolute Gasteiger partial charge is 0.494 e. The molecule has 3 heterocycles. The second-order valence-electron chi connectivity index (χ2n) is 10.2. The molecule has 2 aromatic heterocycles. The van der Waals surface area contributed by atoms with Crippen LogP contribution in [0.4, 0.5) is 11.4 Å². The van der Waals surface area contributed by atoms with Gasteiger partial charge in [-0.15, -0.1) is 0 Å². The highest BCUT2D eigenvalue weighted by molar-refractivity contribution is 7.80. The first-order valence-corrected chi connectivity index (χ1v) is 13.9. The summed E-state index contributed by atoms with van der Waals surface area (Å²) in [6, 6.07) is 20.0. The molecule has 1 amide bonds. The van der Waals surface area contributed by atoms with E-state index < -0.39 is 0 Å². The van der Waals surface area contributed by atoms with Gasteiger partial charge in [0.15, 0.2) is 5.11 Å². The quantitative estimate of drug-likeness (QED) is 0.250. The predicted molar refractivity (Wildman–Crippen MR) is 165 cm³/mol. The van der Waals surface area contributed by atoms with Gasteiger partial charge in [0.25, 0.3) is 0 Å². The molecule has 5 rings (SSSR count). The van der Waals surface area contributed by atoms with Crippen LogP contribution in [0.15, 0.2) is 66.9 Å². The van der Waals surface area contributed by atoms with E-state index in [1.165, 1.54) is 16.8 Å². The Hall–Kier alpha value is -4.17. The maximum absolute atomic E-state index is 12.1. The van der Waals surface area contributed by atoms with E-state index in [9.17, 15) is 4.79 Å². The van der Waals surface area contributed by atoms with Crippen LogP contribution in [-0.2, 0) is 4.79 Å². The van der Waals surface area contributed by atoms with Crippen molar-refractivity contribution in [2.24, 2.45) is 0 Å².